The first kappa shape index (κ1) is 13.5. The summed E-state index contributed by atoms with van der Waals surface area (Å²) in [5.41, 5.74) is 2.65. The fourth-order valence-corrected chi connectivity index (χ4v) is 1.80. The Morgan fingerprint density at radius 3 is 2.79 bits per heavy atom. The topological polar surface area (TPSA) is 55.2 Å². The van der Waals surface area contributed by atoms with Gasteiger partial charge in [-0.3, -0.25) is 4.98 Å². The molecule has 4 heteroatoms. The number of aromatic nitrogens is 2. The van der Waals surface area contributed by atoms with Crippen LogP contribution < -0.4 is 4.74 Å². The number of aliphatic hydroxyl groups excluding tert-OH is 1. The van der Waals surface area contributed by atoms with Crippen molar-refractivity contribution in [2.75, 3.05) is 0 Å². The lowest BCUT2D eigenvalue weighted by Gasteiger charge is -2.11. The zero-order valence-corrected chi connectivity index (χ0v) is 11.4. The second-order valence-electron chi connectivity index (χ2n) is 4.46. The summed E-state index contributed by atoms with van der Waals surface area (Å²) in [4.78, 5) is 8.60. The van der Waals surface area contributed by atoms with Crippen LogP contribution in [-0.4, -0.2) is 15.1 Å². The van der Waals surface area contributed by atoms with E-state index in [2.05, 4.69) is 9.97 Å². The number of ether oxygens (including phenoxy) is 1. The molecule has 0 fully saturated rings. The van der Waals surface area contributed by atoms with Crippen molar-refractivity contribution in [2.45, 2.75) is 33.3 Å². The number of rotatable bonds is 4. The van der Waals surface area contributed by atoms with Gasteiger partial charge in [0.15, 0.2) is 5.75 Å². The van der Waals surface area contributed by atoms with Crippen LogP contribution in [0.1, 0.15) is 36.9 Å². The van der Waals surface area contributed by atoms with Gasteiger partial charge in [0.1, 0.15) is 0 Å². The fourth-order valence-electron chi connectivity index (χ4n) is 1.80. The minimum atomic E-state index is -0.535. The lowest BCUT2D eigenvalue weighted by molar-refractivity contribution is 0.198. The minimum absolute atomic E-state index is 0.471. The van der Waals surface area contributed by atoms with E-state index < -0.39 is 6.10 Å². The Labute approximate surface area is 113 Å². The number of pyridine rings is 2. The van der Waals surface area contributed by atoms with Crippen LogP contribution in [0, 0.1) is 6.92 Å². The van der Waals surface area contributed by atoms with E-state index in [9.17, 15) is 5.11 Å². The SMILES string of the molecule is CCc1nc(C)ccc1Oc1cc(C(C)O)ccn1. The zero-order valence-electron chi connectivity index (χ0n) is 11.4. The molecule has 2 aromatic heterocycles. The summed E-state index contributed by atoms with van der Waals surface area (Å²) in [7, 11) is 0. The first-order valence-electron chi connectivity index (χ1n) is 6.38. The van der Waals surface area contributed by atoms with Crippen molar-refractivity contribution in [2.24, 2.45) is 0 Å². The van der Waals surface area contributed by atoms with Crippen LogP contribution >= 0.6 is 0 Å². The molecule has 0 spiro atoms. The molecule has 19 heavy (non-hydrogen) atoms. The van der Waals surface area contributed by atoms with Crippen LogP contribution in [0.15, 0.2) is 30.5 Å². The van der Waals surface area contributed by atoms with E-state index in [1.807, 2.05) is 26.0 Å². The van der Waals surface area contributed by atoms with Crippen molar-refractivity contribution in [1.82, 2.24) is 9.97 Å². The van der Waals surface area contributed by atoms with Crippen LogP contribution in [0.5, 0.6) is 11.6 Å². The third kappa shape index (κ3) is 3.29. The smallest absolute Gasteiger partial charge is 0.219 e. The third-order valence-corrected chi connectivity index (χ3v) is 2.86. The average molecular weight is 258 g/mol. The molecule has 0 bridgehead atoms. The quantitative estimate of drug-likeness (QED) is 0.915. The molecule has 0 aliphatic heterocycles. The van der Waals surface area contributed by atoms with Crippen molar-refractivity contribution in [3.8, 4) is 11.6 Å². The molecule has 0 aliphatic carbocycles. The average Bonchev–Trinajstić information content (AvgIpc) is 2.41. The molecule has 0 radical (unpaired) electrons. The van der Waals surface area contributed by atoms with Gasteiger partial charge in [-0.2, -0.15) is 0 Å². The standard InChI is InChI=1S/C15H18N2O2/c1-4-13-14(6-5-10(2)17-13)19-15-9-12(11(3)18)7-8-16-15/h5-9,11,18H,4H2,1-3H3. The van der Waals surface area contributed by atoms with Crippen LogP contribution in [0.3, 0.4) is 0 Å². The Balaban J connectivity index is 2.28. The summed E-state index contributed by atoms with van der Waals surface area (Å²) in [6.07, 6.45) is 1.89. The van der Waals surface area contributed by atoms with E-state index in [0.717, 1.165) is 23.4 Å². The van der Waals surface area contributed by atoms with Gasteiger partial charge in [-0.15, -0.1) is 0 Å². The maximum atomic E-state index is 9.56. The highest BCUT2D eigenvalue weighted by molar-refractivity contribution is 5.34. The number of nitrogens with zero attached hydrogens (tertiary/aromatic N) is 2. The highest BCUT2D eigenvalue weighted by atomic mass is 16.5. The summed E-state index contributed by atoms with van der Waals surface area (Å²) in [5, 5.41) is 9.56. The van der Waals surface area contributed by atoms with E-state index in [4.69, 9.17) is 4.74 Å². The Morgan fingerprint density at radius 1 is 1.32 bits per heavy atom. The molecule has 100 valence electrons. The van der Waals surface area contributed by atoms with E-state index in [1.54, 1.807) is 25.3 Å². The molecule has 1 unspecified atom stereocenters. The predicted molar refractivity (Wildman–Crippen MR) is 73.3 cm³/mol. The summed E-state index contributed by atoms with van der Waals surface area (Å²) in [5.74, 6) is 1.18. The van der Waals surface area contributed by atoms with Crippen molar-refractivity contribution < 1.29 is 9.84 Å². The molecule has 0 aromatic carbocycles. The number of aryl methyl sites for hydroxylation is 2. The summed E-state index contributed by atoms with van der Waals surface area (Å²) >= 11 is 0. The van der Waals surface area contributed by atoms with Crippen molar-refractivity contribution in [3.63, 3.8) is 0 Å². The summed E-state index contributed by atoms with van der Waals surface area (Å²) in [6.45, 7) is 5.70. The lowest BCUT2D eigenvalue weighted by Crippen LogP contribution is -1.98. The molecule has 4 nitrogen and oxygen atoms in total. The van der Waals surface area contributed by atoms with Crippen molar-refractivity contribution in [3.05, 3.63) is 47.4 Å². The van der Waals surface area contributed by atoms with E-state index in [0.29, 0.717) is 11.6 Å². The van der Waals surface area contributed by atoms with Gasteiger partial charge in [0.25, 0.3) is 0 Å². The van der Waals surface area contributed by atoms with Gasteiger partial charge in [-0.1, -0.05) is 6.92 Å². The number of hydrogen-bond donors (Lipinski definition) is 1. The number of hydrogen-bond acceptors (Lipinski definition) is 4. The van der Waals surface area contributed by atoms with E-state index in [-0.39, 0.29) is 0 Å². The minimum Gasteiger partial charge on any atom is -0.437 e. The number of aliphatic hydroxyl groups is 1. The monoisotopic (exact) mass is 258 g/mol. The largest absolute Gasteiger partial charge is 0.437 e. The first-order chi connectivity index (χ1) is 9.10. The van der Waals surface area contributed by atoms with Gasteiger partial charge in [0.05, 0.1) is 11.8 Å². The van der Waals surface area contributed by atoms with Crippen LogP contribution in [-0.2, 0) is 6.42 Å². The molecular weight excluding hydrogens is 240 g/mol. The van der Waals surface area contributed by atoms with Gasteiger partial charge in [-0.05, 0) is 44.0 Å². The Bertz CT molecular complexity index is 568. The Hall–Kier alpha value is -1.94. The highest BCUT2D eigenvalue weighted by Gasteiger charge is 2.08. The molecule has 2 rings (SSSR count). The van der Waals surface area contributed by atoms with Crippen molar-refractivity contribution in [1.29, 1.82) is 0 Å². The second-order valence-corrected chi connectivity index (χ2v) is 4.46. The molecule has 0 aliphatic rings. The summed E-state index contributed by atoms with van der Waals surface area (Å²) < 4.78 is 5.76. The van der Waals surface area contributed by atoms with Crippen LogP contribution in [0.2, 0.25) is 0 Å². The molecule has 1 atom stereocenters. The molecule has 0 saturated carbocycles. The first-order valence-corrected chi connectivity index (χ1v) is 6.38. The second kappa shape index (κ2) is 5.80. The van der Waals surface area contributed by atoms with Crippen molar-refractivity contribution >= 4 is 0 Å². The van der Waals surface area contributed by atoms with Gasteiger partial charge >= 0.3 is 0 Å². The maximum absolute atomic E-state index is 9.56. The van der Waals surface area contributed by atoms with Gasteiger partial charge in [0, 0.05) is 18.0 Å². The zero-order chi connectivity index (χ0) is 13.8. The summed E-state index contributed by atoms with van der Waals surface area (Å²) in [6, 6.07) is 7.32. The molecule has 0 saturated heterocycles. The van der Waals surface area contributed by atoms with Gasteiger partial charge in [-0.25, -0.2) is 4.98 Å². The van der Waals surface area contributed by atoms with Gasteiger partial charge < -0.3 is 9.84 Å². The van der Waals surface area contributed by atoms with Crippen LogP contribution in [0.25, 0.3) is 0 Å². The molecule has 2 heterocycles. The van der Waals surface area contributed by atoms with E-state index in [1.165, 1.54) is 0 Å². The van der Waals surface area contributed by atoms with Gasteiger partial charge in [0.2, 0.25) is 5.88 Å². The molecule has 2 aromatic rings. The predicted octanol–water partition coefficient (Wildman–Crippen LogP) is 3.19. The molecular formula is C15H18N2O2. The maximum Gasteiger partial charge on any atom is 0.219 e. The fraction of sp³-hybridized carbons (Fsp3) is 0.333. The van der Waals surface area contributed by atoms with Crippen LogP contribution in [0.4, 0.5) is 0 Å². The highest BCUT2D eigenvalue weighted by Crippen LogP contribution is 2.25. The lowest BCUT2D eigenvalue weighted by atomic mass is 10.2. The molecule has 0 amide bonds. The third-order valence-electron chi connectivity index (χ3n) is 2.86. The Kier molecular flexibility index (Phi) is 4.12. The molecule has 1 N–H and O–H groups in total. The normalized spacial score (nSPS) is 12.2. The Morgan fingerprint density at radius 2 is 2.11 bits per heavy atom. The van der Waals surface area contributed by atoms with E-state index >= 15 is 0 Å².